The van der Waals surface area contributed by atoms with Crippen molar-refractivity contribution in [3.05, 3.63) is 29.3 Å². The molecule has 0 aromatic heterocycles. The molecule has 2 heteroatoms. The summed E-state index contributed by atoms with van der Waals surface area (Å²) in [6.07, 6.45) is 1.15. The van der Waals surface area contributed by atoms with Crippen LogP contribution in [0.25, 0.3) is 0 Å². The first-order chi connectivity index (χ1) is 8.08. The summed E-state index contributed by atoms with van der Waals surface area (Å²) in [4.78, 5) is 0. The minimum absolute atomic E-state index is 0.552. The van der Waals surface area contributed by atoms with Crippen LogP contribution >= 0.6 is 15.9 Å². The predicted octanol–water partition coefficient (Wildman–Crippen LogP) is 4.92. The lowest BCUT2D eigenvalue weighted by Crippen LogP contribution is -2.13. The molecular formula is C15H23BrO. The molecule has 1 aromatic carbocycles. The number of aryl methyl sites for hydroxylation is 1. The van der Waals surface area contributed by atoms with E-state index >= 15 is 0 Å². The van der Waals surface area contributed by atoms with E-state index in [1.54, 1.807) is 0 Å². The highest BCUT2D eigenvalue weighted by Gasteiger charge is 2.08. The Kier molecular flexibility index (Phi) is 6.04. The summed E-state index contributed by atoms with van der Waals surface area (Å²) in [5, 5.41) is 1.01. The number of ether oxygens (including phenoxy) is 1. The van der Waals surface area contributed by atoms with Gasteiger partial charge in [0.2, 0.25) is 0 Å². The van der Waals surface area contributed by atoms with Crippen molar-refractivity contribution in [2.24, 2.45) is 5.92 Å². The van der Waals surface area contributed by atoms with Crippen molar-refractivity contribution in [1.29, 1.82) is 0 Å². The van der Waals surface area contributed by atoms with E-state index in [4.69, 9.17) is 4.74 Å². The Morgan fingerprint density at radius 3 is 2.53 bits per heavy atom. The highest BCUT2D eigenvalue weighted by molar-refractivity contribution is 9.09. The molecule has 0 spiro atoms. The van der Waals surface area contributed by atoms with E-state index in [0.717, 1.165) is 24.1 Å². The van der Waals surface area contributed by atoms with Gasteiger partial charge in [-0.3, -0.25) is 0 Å². The van der Waals surface area contributed by atoms with Gasteiger partial charge in [-0.05, 0) is 36.5 Å². The average molecular weight is 299 g/mol. The monoisotopic (exact) mass is 298 g/mol. The second-order valence-electron chi connectivity index (χ2n) is 4.92. The zero-order chi connectivity index (χ0) is 12.8. The number of alkyl halides is 1. The van der Waals surface area contributed by atoms with Crippen LogP contribution in [-0.2, 0) is 0 Å². The van der Waals surface area contributed by atoms with Crippen molar-refractivity contribution < 1.29 is 4.74 Å². The van der Waals surface area contributed by atoms with Crippen molar-refractivity contribution in [3.63, 3.8) is 0 Å². The van der Waals surface area contributed by atoms with Gasteiger partial charge in [0.05, 0.1) is 6.61 Å². The van der Waals surface area contributed by atoms with Crippen molar-refractivity contribution in [2.45, 2.75) is 40.0 Å². The van der Waals surface area contributed by atoms with E-state index in [0.29, 0.717) is 11.8 Å². The first-order valence-corrected chi connectivity index (χ1v) is 7.49. The van der Waals surface area contributed by atoms with Gasteiger partial charge in [-0.25, -0.2) is 0 Å². The molecule has 0 N–H and O–H groups in total. The van der Waals surface area contributed by atoms with Gasteiger partial charge in [-0.2, -0.15) is 0 Å². The molecule has 0 saturated heterocycles. The van der Waals surface area contributed by atoms with Gasteiger partial charge >= 0.3 is 0 Å². The van der Waals surface area contributed by atoms with Crippen LogP contribution < -0.4 is 4.74 Å². The van der Waals surface area contributed by atoms with Crippen molar-refractivity contribution in [1.82, 2.24) is 0 Å². The van der Waals surface area contributed by atoms with E-state index in [1.807, 2.05) is 0 Å². The van der Waals surface area contributed by atoms with Gasteiger partial charge < -0.3 is 4.74 Å². The Morgan fingerprint density at radius 1 is 1.29 bits per heavy atom. The largest absolute Gasteiger partial charge is 0.493 e. The molecule has 0 heterocycles. The van der Waals surface area contributed by atoms with Gasteiger partial charge in [-0.15, -0.1) is 0 Å². The molecule has 1 rings (SSSR count). The molecule has 1 atom stereocenters. The Labute approximate surface area is 114 Å². The lowest BCUT2D eigenvalue weighted by Gasteiger charge is -2.16. The zero-order valence-corrected chi connectivity index (χ0v) is 12.9. The maximum absolute atomic E-state index is 5.94. The number of rotatable bonds is 6. The molecule has 0 amide bonds. The summed E-state index contributed by atoms with van der Waals surface area (Å²) in [5.41, 5.74) is 2.57. The molecule has 0 radical (unpaired) electrons. The van der Waals surface area contributed by atoms with Crippen LogP contribution in [0.15, 0.2) is 18.2 Å². The van der Waals surface area contributed by atoms with E-state index in [-0.39, 0.29) is 0 Å². The van der Waals surface area contributed by atoms with E-state index in [1.165, 1.54) is 11.1 Å². The maximum Gasteiger partial charge on any atom is 0.122 e. The minimum atomic E-state index is 0.552. The van der Waals surface area contributed by atoms with E-state index in [2.05, 4.69) is 61.8 Å². The minimum Gasteiger partial charge on any atom is -0.493 e. The van der Waals surface area contributed by atoms with Crippen LogP contribution in [0.2, 0.25) is 0 Å². The highest BCUT2D eigenvalue weighted by atomic mass is 79.9. The summed E-state index contributed by atoms with van der Waals surface area (Å²) in [7, 11) is 0. The number of hydrogen-bond donors (Lipinski definition) is 0. The highest BCUT2D eigenvalue weighted by Crippen LogP contribution is 2.25. The average Bonchev–Trinajstić information content (AvgIpc) is 2.32. The lowest BCUT2D eigenvalue weighted by atomic mass is 10.0. The van der Waals surface area contributed by atoms with Gasteiger partial charge in [0.1, 0.15) is 5.75 Å². The van der Waals surface area contributed by atoms with Crippen molar-refractivity contribution in [3.8, 4) is 5.75 Å². The fourth-order valence-corrected chi connectivity index (χ4v) is 2.26. The van der Waals surface area contributed by atoms with Gasteiger partial charge in [-0.1, -0.05) is 48.8 Å². The first-order valence-electron chi connectivity index (χ1n) is 6.37. The van der Waals surface area contributed by atoms with Crippen LogP contribution in [0.4, 0.5) is 0 Å². The van der Waals surface area contributed by atoms with E-state index < -0.39 is 0 Å². The quantitative estimate of drug-likeness (QED) is 0.678. The molecule has 1 aromatic rings. The van der Waals surface area contributed by atoms with Crippen LogP contribution in [0.1, 0.15) is 44.2 Å². The number of halogens is 1. The molecule has 0 bridgehead atoms. The van der Waals surface area contributed by atoms with Crippen molar-refractivity contribution in [2.75, 3.05) is 11.9 Å². The second kappa shape index (κ2) is 7.05. The number of benzene rings is 1. The molecule has 0 saturated carbocycles. The summed E-state index contributed by atoms with van der Waals surface area (Å²) in [5.74, 6) is 2.18. The Morgan fingerprint density at radius 2 is 2.00 bits per heavy atom. The zero-order valence-electron chi connectivity index (χ0n) is 11.3. The SMILES string of the molecule is CCC(CBr)COc1cc(C(C)C)ccc1C. The van der Waals surface area contributed by atoms with Gasteiger partial charge in [0, 0.05) is 11.2 Å². The molecular weight excluding hydrogens is 276 g/mol. The molecule has 0 aliphatic heterocycles. The standard InChI is InChI=1S/C15H23BrO/c1-5-13(9-16)10-17-15-8-14(11(2)3)7-6-12(15)4/h6-8,11,13H,5,9-10H2,1-4H3. The third-order valence-electron chi connectivity index (χ3n) is 3.15. The van der Waals surface area contributed by atoms with Crippen LogP contribution in [0.5, 0.6) is 5.75 Å². The third kappa shape index (κ3) is 4.34. The summed E-state index contributed by atoms with van der Waals surface area (Å²) < 4.78 is 5.94. The Hall–Kier alpha value is -0.500. The second-order valence-corrected chi connectivity index (χ2v) is 5.57. The normalized spacial score (nSPS) is 12.8. The smallest absolute Gasteiger partial charge is 0.122 e. The Bertz CT molecular complexity index is 343. The maximum atomic E-state index is 5.94. The third-order valence-corrected chi connectivity index (χ3v) is 4.06. The first kappa shape index (κ1) is 14.6. The topological polar surface area (TPSA) is 9.23 Å². The molecule has 17 heavy (non-hydrogen) atoms. The molecule has 0 aliphatic rings. The van der Waals surface area contributed by atoms with Crippen LogP contribution in [-0.4, -0.2) is 11.9 Å². The van der Waals surface area contributed by atoms with Gasteiger partial charge in [0.25, 0.3) is 0 Å². The number of hydrogen-bond acceptors (Lipinski definition) is 1. The van der Waals surface area contributed by atoms with E-state index in [9.17, 15) is 0 Å². The summed E-state index contributed by atoms with van der Waals surface area (Å²) in [6.45, 7) is 9.52. The fourth-order valence-electron chi connectivity index (χ4n) is 1.61. The van der Waals surface area contributed by atoms with Crippen LogP contribution in [0, 0.1) is 12.8 Å². The fraction of sp³-hybridized carbons (Fsp3) is 0.600. The molecule has 0 aliphatic carbocycles. The molecule has 96 valence electrons. The summed E-state index contributed by atoms with van der Waals surface area (Å²) >= 11 is 3.53. The molecule has 1 unspecified atom stereocenters. The molecule has 0 fully saturated rings. The molecule has 1 nitrogen and oxygen atoms in total. The van der Waals surface area contributed by atoms with Crippen molar-refractivity contribution >= 4 is 15.9 Å². The van der Waals surface area contributed by atoms with Gasteiger partial charge in [0.15, 0.2) is 0 Å². The van der Waals surface area contributed by atoms with Crippen LogP contribution in [0.3, 0.4) is 0 Å². The summed E-state index contributed by atoms with van der Waals surface area (Å²) in [6, 6.07) is 6.52. The lowest BCUT2D eigenvalue weighted by molar-refractivity contribution is 0.258. The predicted molar refractivity (Wildman–Crippen MR) is 78.3 cm³/mol. The Balaban J connectivity index is 2.72.